The quantitative estimate of drug-likeness (QED) is 0.222. The van der Waals surface area contributed by atoms with Gasteiger partial charge >= 0.3 is 0 Å². The number of nitrogens with one attached hydrogen (secondary N) is 2. The molecule has 0 fully saturated rings. The van der Waals surface area contributed by atoms with E-state index < -0.39 is 0 Å². The van der Waals surface area contributed by atoms with E-state index in [1.54, 1.807) is 6.92 Å². The van der Waals surface area contributed by atoms with Crippen molar-refractivity contribution < 1.29 is 9.28 Å². The first kappa shape index (κ1) is 23.7. The average molecular weight is 379 g/mol. The van der Waals surface area contributed by atoms with Crippen molar-refractivity contribution >= 4 is 5.91 Å². The van der Waals surface area contributed by atoms with E-state index in [0.717, 1.165) is 17.4 Å². The summed E-state index contributed by atoms with van der Waals surface area (Å²) in [5, 5.41) is 6.61. The first-order valence-corrected chi connectivity index (χ1v) is 11.3. The number of hydrogen-bond acceptors (Lipinski definition) is 2. The molecule has 0 aromatic rings. The number of amides is 1. The van der Waals surface area contributed by atoms with E-state index in [9.17, 15) is 4.79 Å². The second-order valence-electron chi connectivity index (χ2n) is 8.00. The Balaban J connectivity index is 2.18. The van der Waals surface area contributed by atoms with Gasteiger partial charge in [-0.25, -0.2) is 0 Å². The zero-order chi connectivity index (χ0) is 20.0. The highest BCUT2D eigenvalue weighted by molar-refractivity contribution is 5.72. The van der Waals surface area contributed by atoms with Gasteiger partial charge < -0.3 is 10.6 Å². The highest BCUT2D eigenvalue weighted by Crippen LogP contribution is 2.26. The van der Waals surface area contributed by atoms with Crippen LogP contribution in [0.15, 0.2) is 24.6 Å². The standard InChI is InChI=1S/C23H43N3O/c1-5-7-8-9-10-11-12-13-14-15-16-17-18-23-24-19-20-26(23,6-2)21(3)25-22(4)27/h11-12,19-21,23-24H,5-10,13-18H2,1-4H3/p+1/b12-11+. The second kappa shape index (κ2) is 13.8. The van der Waals surface area contributed by atoms with E-state index in [1.165, 1.54) is 64.2 Å². The van der Waals surface area contributed by atoms with Gasteiger partial charge in [-0.1, -0.05) is 51.2 Å². The lowest BCUT2D eigenvalue weighted by atomic mass is 10.1. The molecule has 1 rings (SSSR count). The molecule has 3 unspecified atom stereocenters. The van der Waals surface area contributed by atoms with Crippen molar-refractivity contribution in [2.45, 2.75) is 111 Å². The topological polar surface area (TPSA) is 41.1 Å². The maximum absolute atomic E-state index is 11.5. The van der Waals surface area contributed by atoms with Crippen LogP contribution in [-0.2, 0) is 4.79 Å². The normalized spacial score (nSPS) is 22.9. The van der Waals surface area contributed by atoms with Crippen LogP contribution in [0.5, 0.6) is 0 Å². The molecule has 1 aliphatic rings. The van der Waals surface area contributed by atoms with Crippen molar-refractivity contribution in [3.63, 3.8) is 0 Å². The van der Waals surface area contributed by atoms with Crippen LogP contribution >= 0.6 is 0 Å². The Morgan fingerprint density at radius 2 is 1.70 bits per heavy atom. The summed E-state index contributed by atoms with van der Waals surface area (Å²) >= 11 is 0. The summed E-state index contributed by atoms with van der Waals surface area (Å²) in [6, 6.07) is 0. The van der Waals surface area contributed by atoms with Gasteiger partial charge in [0.1, 0.15) is 6.20 Å². The first-order valence-electron chi connectivity index (χ1n) is 11.3. The summed E-state index contributed by atoms with van der Waals surface area (Å²) in [5.74, 6) is 0.0471. The molecule has 3 atom stereocenters. The van der Waals surface area contributed by atoms with Crippen LogP contribution in [0.2, 0.25) is 0 Å². The molecule has 4 heteroatoms. The molecule has 0 aromatic carbocycles. The van der Waals surface area contributed by atoms with Crippen LogP contribution in [0.25, 0.3) is 0 Å². The molecule has 1 heterocycles. The lowest BCUT2D eigenvalue weighted by molar-refractivity contribution is -0.923. The molecular formula is C23H44N3O+. The van der Waals surface area contributed by atoms with Crippen LogP contribution in [-0.4, -0.2) is 29.3 Å². The van der Waals surface area contributed by atoms with Crippen LogP contribution in [0.1, 0.15) is 98.3 Å². The largest absolute Gasteiger partial charge is 0.338 e. The van der Waals surface area contributed by atoms with Gasteiger partial charge in [-0.2, -0.15) is 0 Å². The van der Waals surface area contributed by atoms with Gasteiger partial charge in [-0.3, -0.25) is 9.28 Å². The molecule has 4 nitrogen and oxygen atoms in total. The van der Waals surface area contributed by atoms with E-state index in [4.69, 9.17) is 0 Å². The van der Waals surface area contributed by atoms with Crippen molar-refractivity contribution in [1.29, 1.82) is 0 Å². The number of rotatable bonds is 15. The molecule has 2 N–H and O–H groups in total. The Bertz CT molecular complexity index is 461. The third kappa shape index (κ3) is 8.50. The smallest absolute Gasteiger partial charge is 0.221 e. The van der Waals surface area contributed by atoms with Crippen LogP contribution in [0.3, 0.4) is 0 Å². The van der Waals surface area contributed by atoms with Crippen molar-refractivity contribution in [3.8, 4) is 0 Å². The summed E-state index contributed by atoms with van der Waals surface area (Å²) in [4.78, 5) is 11.5. The van der Waals surface area contributed by atoms with Gasteiger partial charge in [-0.05, 0) is 39.0 Å². The number of carbonyl (C=O) groups excluding carboxylic acids is 1. The second-order valence-corrected chi connectivity index (χ2v) is 8.00. The van der Waals surface area contributed by atoms with Crippen molar-refractivity contribution in [2.24, 2.45) is 0 Å². The highest BCUT2D eigenvalue weighted by Gasteiger charge is 2.41. The minimum atomic E-state index is 0.0471. The van der Waals surface area contributed by atoms with E-state index in [0.29, 0.717) is 6.17 Å². The van der Waals surface area contributed by atoms with E-state index in [2.05, 4.69) is 56.0 Å². The lowest BCUT2D eigenvalue weighted by Gasteiger charge is -2.41. The van der Waals surface area contributed by atoms with Crippen molar-refractivity contribution in [1.82, 2.24) is 10.6 Å². The van der Waals surface area contributed by atoms with Crippen molar-refractivity contribution in [3.05, 3.63) is 24.6 Å². The van der Waals surface area contributed by atoms with Gasteiger partial charge in [0.2, 0.25) is 5.91 Å². The monoisotopic (exact) mass is 378 g/mol. The Morgan fingerprint density at radius 1 is 1.07 bits per heavy atom. The zero-order valence-corrected chi connectivity index (χ0v) is 18.3. The lowest BCUT2D eigenvalue weighted by Crippen LogP contribution is -2.62. The summed E-state index contributed by atoms with van der Waals surface area (Å²) < 4.78 is 0.806. The number of unbranched alkanes of at least 4 members (excludes halogenated alkanes) is 8. The maximum atomic E-state index is 11.5. The van der Waals surface area contributed by atoms with Gasteiger partial charge in [0.05, 0.1) is 12.7 Å². The minimum absolute atomic E-state index is 0.0471. The molecule has 0 spiro atoms. The number of hydrogen-bond donors (Lipinski definition) is 2. The maximum Gasteiger partial charge on any atom is 0.221 e. The van der Waals surface area contributed by atoms with Gasteiger partial charge in [-0.15, -0.1) is 0 Å². The molecule has 0 radical (unpaired) electrons. The average Bonchev–Trinajstić information content (AvgIpc) is 3.06. The zero-order valence-electron chi connectivity index (χ0n) is 18.3. The number of nitrogens with zero attached hydrogens (tertiary/aromatic N) is 1. The number of quaternary nitrogens is 1. The summed E-state index contributed by atoms with van der Waals surface area (Å²) in [7, 11) is 0. The highest BCUT2D eigenvalue weighted by atomic mass is 16.1. The molecule has 27 heavy (non-hydrogen) atoms. The number of allylic oxidation sites excluding steroid dienone is 2. The molecule has 1 amide bonds. The Kier molecular flexibility index (Phi) is 12.2. The van der Waals surface area contributed by atoms with E-state index >= 15 is 0 Å². The molecule has 0 saturated carbocycles. The summed E-state index contributed by atoms with van der Waals surface area (Å²) in [5.41, 5.74) is 0. The Morgan fingerprint density at radius 3 is 2.30 bits per heavy atom. The van der Waals surface area contributed by atoms with Crippen LogP contribution < -0.4 is 10.6 Å². The fourth-order valence-corrected chi connectivity index (χ4v) is 4.15. The fourth-order valence-electron chi connectivity index (χ4n) is 4.15. The SMILES string of the molecule is CCCCCC/C=C/CCCCCCC1NC=C[N+]1(CC)C(C)NC(C)=O. The Hall–Kier alpha value is -1.29. The fraction of sp³-hybridized carbons (Fsp3) is 0.783. The van der Waals surface area contributed by atoms with Gasteiger partial charge in [0.15, 0.2) is 12.3 Å². The third-order valence-corrected chi connectivity index (χ3v) is 5.89. The van der Waals surface area contributed by atoms with E-state index in [1.807, 2.05) is 0 Å². The predicted octanol–water partition coefficient (Wildman–Crippen LogP) is 5.57. The van der Waals surface area contributed by atoms with E-state index in [-0.39, 0.29) is 12.1 Å². The van der Waals surface area contributed by atoms with Crippen LogP contribution in [0.4, 0.5) is 0 Å². The van der Waals surface area contributed by atoms with Crippen LogP contribution in [0, 0.1) is 0 Å². The molecule has 1 aliphatic heterocycles. The number of carbonyl (C=O) groups is 1. The molecular weight excluding hydrogens is 334 g/mol. The summed E-state index contributed by atoms with van der Waals surface area (Å²) in [6.45, 7) is 9.17. The molecule has 0 saturated heterocycles. The predicted molar refractivity (Wildman–Crippen MR) is 116 cm³/mol. The van der Waals surface area contributed by atoms with Crippen molar-refractivity contribution in [2.75, 3.05) is 6.54 Å². The molecule has 156 valence electrons. The van der Waals surface area contributed by atoms with Gasteiger partial charge in [0, 0.05) is 20.3 Å². The molecule has 0 bridgehead atoms. The Labute approximate surface area is 168 Å². The summed E-state index contributed by atoms with van der Waals surface area (Å²) in [6.07, 6.45) is 23.7. The molecule has 0 aromatic heterocycles. The van der Waals surface area contributed by atoms with Gasteiger partial charge in [0.25, 0.3) is 0 Å². The molecule has 0 aliphatic carbocycles. The minimum Gasteiger partial charge on any atom is -0.338 e. The third-order valence-electron chi connectivity index (χ3n) is 5.89. The first-order chi connectivity index (χ1) is 13.1.